The zero-order valence-electron chi connectivity index (χ0n) is 17.4. The molecule has 3 aromatic carbocycles. The molecule has 0 aliphatic rings. The standard InChI is InChI=1S/C25H26N2O4/c1-2-26-24(28)23(27-25(29)31-18-20-11-7-4-8-12-20)21-13-15-22(16-14-21)30-17-19-9-5-3-6-10-19/h3-16,23H,2,17-18H2,1H3,(H,26,28)(H,27,29)/t23-/m0/s1. The molecule has 0 aliphatic carbocycles. The topological polar surface area (TPSA) is 76.7 Å². The van der Waals surface area contributed by atoms with Gasteiger partial charge in [-0.3, -0.25) is 4.79 Å². The SMILES string of the molecule is CCNC(=O)[C@@H](NC(=O)OCc1ccccc1)c1ccc(OCc2ccccc2)cc1. The summed E-state index contributed by atoms with van der Waals surface area (Å²) < 4.78 is 11.1. The van der Waals surface area contributed by atoms with Gasteiger partial charge in [-0.25, -0.2) is 4.79 Å². The van der Waals surface area contributed by atoms with Crippen LogP contribution in [0.1, 0.15) is 29.7 Å². The Kier molecular flexibility index (Phi) is 8.05. The van der Waals surface area contributed by atoms with E-state index in [1.807, 2.05) is 67.6 Å². The van der Waals surface area contributed by atoms with Gasteiger partial charge in [0.15, 0.2) is 0 Å². The van der Waals surface area contributed by atoms with Crippen molar-refractivity contribution >= 4 is 12.0 Å². The van der Waals surface area contributed by atoms with Crippen LogP contribution in [0, 0.1) is 0 Å². The summed E-state index contributed by atoms with van der Waals surface area (Å²) in [6.07, 6.45) is -0.662. The summed E-state index contributed by atoms with van der Waals surface area (Å²) in [7, 11) is 0. The molecule has 6 heteroatoms. The molecule has 0 fully saturated rings. The molecule has 0 bridgehead atoms. The van der Waals surface area contributed by atoms with Crippen LogP contribution in [0.15, 0.2) is 84.9 Å². The lowest BCUT2D eigenvalue weighted by Gasteiger charge is -2.19. The Morgan fingerprint density at radius 2 is 1.39 bits per heavy atom. The molecular formula is C25H26N2O4. The van der Waals surface area contributed by atoms with Crippen molar-refractivity contribution in [3.05, 3.63) is 102 Å². The molecule has 2 amide bonds. The van der Waals surface area contributed by atoms with Crippen molar-refractivity contribution in [2.45, 2.75) is 26.2 Å². The van der Waals surface area contributed by atoms with E-state index in [0.29, 0.717) is 24.5 Å². The van der Waals surface area contributed by atoms with Gasteiger partial charge in [-0.2, -0.15) is 0 Å². The highest BCUT2D eigenvalue weighted by Gasteiger charge is 2.23. The summed E-state index contributed by atoms with van der Waals surface area (Å²) in [5.74, 6) is 0.367. The first-order chi connectivity index (χ1) is 15.2. The second-order valence-corrected chi connectivity index (χ2v) is 6.88. The van der Waals surface area contributed by atoms with Gasteiger partial charge in [-0.05, 0) is 35.7 Å². The molecule has 0 radical (unpaired) electrons. The van der Waals surface area contributed by atoms with Crippen LogP contribution in [-0.4, -0.2) is 18.5 Å². The number of carbonyl (C=O) groups excluding carboxylic acids is 2. The van der Waals surface area contributed by atoms with E-state index in [1.165, 1.54) is 0 Å². The average molecular weight is 418 g/mol. The largest absolute Gasteiger partial charge is 0.489 e. The van der Waals surface area contributed by atoms with Crippen LogP contribution in [0.4, 0.5) is 4.79 Å². The van der Waals surface area contributed by atoms with E-state index >= 15 is 0 Å². The number of benzene rings is 3. The number of hydrogen-bond acceptors (Lipinski definition) is 4. The average Bonchev–Trinajstić information content (AvgIpc) is 2.82. The number of ether oxygens (including phenoxy) is 2. The fourth-order valence-electron chi connectivity index (χ4n) is 2.96. The molecule has 0 saturated carbocycles. The molecule has 3 aromatic rings. The highest BCUT2D eigenvalue weighted by molar-refractivity contribution is 5.86. The molecule has 0 saturated heterocycles. The smallest absolute Gasteiger partial charge is 0.408 e. The van der Waals surface area contributed by atoms with Gasteiger partial charge < -0.3 is 20.1 Å². The summed E-state index contributed by atoms with van der Waals surface area (Å²) in [4.78, 5) is 24.8. The van der Waals surface area contributed by atoms with Crippen LogP contribution >= 0.6 is 0 Å². The number of nitrogens with one attached hydrogen (secondary N) is 2. The Hall–Kier alpha value is -3.80. The Morgan fingerprint density at radius 1 is 0.806 bits per heavy atom. The molecule has 3 rings (SSSR count). The van der Waals surface area contributed by atoms with Gasteiger partial charge in [0.2, 0.25) is 5.91 Å². The van der Waals surface area contributed by atoms with Crippen molar-refractivity contribution in [3.63, 3.8) is 0 Å². The van der Waals surface area contributed by atoms with E-state index in [4.69, 9.17) is 9.47 Å². The third kappa shape index (κ3) is 6.89. The maximum atomic E-state index is 12.5. The molecule has 0 aromatic heterocycles. The molecule has 0 heterocycles. The van der Waals surface area contributed by atoms with Gasteiger partial charge in [-0.15, -0.1) is 0 Å². The van der Waals surface area contributed by atoms with Crippen molar-refractivity contribution < 1.29 is 19.1 Å². The first-order valence-electron chi connectivity index (χ1n) is 10.2. The van der Waals surface area contributed by atoms with Gasteiger partial charge in [0, 0.05) is 6.54 Å². The summed E-state index contributed by atoms with van der Waals surface area (Å²) >= 11 is 0. The zero-order valence-corrected chi connectivity index (χ0v) is 17.4. The Morgan fingerprint density at radius 3 is 1.97 bits per heavy atom. The van der Waals surface area contributed by atoms with E-state index < -0.39 is 12.1 Å². The van der Waals surface area contributed by atoms with Gasteiger partial charge in [0.1, 0.15) is 25.0 Å². The molecule has 31 heavy (non-hydrogen) atoms. The summed E-state index contributed by atoms with van der Waals surface area (Å²) in [6.45, 7) is 2.85. The van der Waals surface area contributed by atoms with Crippen LogP contribution < -0.4 is 15.4 Å². The van der Waals surface area contributed by atoms with Gasteiger partial charge in [0.25, 0.3) is 0 Å². The maximum Gasteiger partial charge on any atom is 0.408 e. The normalized spacial score (nSPS) is 11.3. The minimum Gasteiger partial charge on any atom is -0.489 e. The fourth-order valence-corrected chi connectivity index (χ4v) is 2.96. The van der Waals surface area contributed by atoms with Crippen molar-refractivity contribution in [1.82, 2.24) is 10.6 Å². The van der Waals surface area contributed by atoms with Crippen molar-refractivity contribution in [1.29, 1.82) is 0 Å². The van der Waals surface area contributed by atoms with Crippen LogP contribution in [0.3, 0.4) is 0 Å². The predicted molar refractivity (Wildman–Crippen MR) is 118 cm³/mol. The quantitative estimate of drug-likeness (QED) is 0.541. The second kappa shape index (κ2) is 11.4. The first-order valence-corrected chi connectivity index (χ1v) is 10.2. The van der Waals surface area contributed by atoms with Crippen LogP contribution in [0.25, 0.3) is 0 Å². The van der Waals surface area contributed by atoms with Crippen LogP contribution in [-0.2, 0) is 22.7 Å². The van der Waals surface area contributed by atoms with Crippen LogP contribution in [0.5, 0.6) is 5.75 Å². The molecule has 0 aliphatic heterocycles. The molecule has 2 N–H and O–H groups in total. The Labute approximate surface area is 182 Å². The lowest BCUT2D eigenvalue weighted by atomic mass is 10.1. The number of amides is 2. The van der Waals surface area contributed by atoms with Crippen molar-refractivity contribution in [2.75, 3.05) is 6.54 Å². The monoisotopic (exact) mass is 418 g/mol. The highest BCUT2D eigenvalue weighted by atomic mass is 16.5. The van der Waals surface area contributed by atoms with E-state index in [2.05, 4.69) is 10.6 Å². The molecular weight excluding hydrogens is 392 g/mol. The van der Waals surface area contributed by atoms with Crippen molar-refractivity contribution in [3.8, 4) is 5.75 Å². The molecule has 160 valence electrons. The summed E-state index contributed by atoms with van der Waals surface area (Å²) in [5, 5.41) is 5.40. The van der Waals surface area contributed by atoms with Gasteiger partial charge >= 0.3 is 6.09 Å². The summed E-state index contributed by atoms with van der Waals surface area (Å²) in [6, 6.07) is 25.4. The number of likely N-dealkylation sites (N-methyl/N-ethyl adjacent to an activating group) is 1. The van der Waals surface area contributed by atoms with Gasteiger partial charge in [-0.1, -0.05) is 72.8 Å². The van der Waals surface area contributed by atoms with Gasteiger partial charge in [0.05, 0.1) is 0 Å². The number of alkyl carbamates (subject to hydrolysis) is 1. The molecule has 0 unspecified atom stereocenters. The van der Waals surface area contributed by atoms with Crippen LogP contribution in [0.2, 0.25) is 0 Å². The van der Waals surface area contributed by atoms with E-state index in [0.717, 1.165) is 11.1 Å². The third-order valence-electron chi connectivity index (χ3n) is 4.55. The first kappa shape index (κ1) is 21.9. The van der Waals surface area contributed by atoms with E-state index in [9.17, 15) is 9.59 Å². The molecule has 6 nitrogen and oxygen atoms in total. The minimum atomic E-state index is -0.869. The second-order valence-electron chi connectivity index (χ2n) is 6.88. The number of rotatable bonds is 9. The van der Waals surface area contributed by atoms with E-state index in [1.54, 1.807) is 24.3 Å². The van der Waals surface area contributed by atoms with Crippen molar-refractivity contribution in [2.24, 2.45) is 0 Å². The lowest BCUT2D eigenvalue weighted by molar-refractivity contribution is -0.123. The molecule has 1 atom stereocenters. The zero-order chi connectivity index (χ0) is 21.9. The Balaban J connectivity index is 1.62. The third-order valence-corrected chi connectivity index (χ3v) is 4.55. The highest BCUT2D eigenvalue weighted by Crippen LogP contribution is 2.20. The lowest BCUT2D eigenvalue weighted by Crippen LogP contribution is -2.40. The van der Waals surface area contributed by atoms with E-state index in [-0.39, 0.29) is 12.5 Å². The Bertz CT molecular complexity index is 960. The fraction of sp³-hybridized carbons (Fsp3) is 0.200. The predicted octanol–water partition coefficient (Wildman–Crippen LogP) is 4.37. The minimum absolute atomic E-state index is 0.126. The number of carbonyl (C=O) groups is 2. The maximum absolute atomic E-state index is 12.5. The summed E-state index contributed by atoms with van der Waals surface area (Å²) in [5.41, 5.74) is 2.57. The molecule has 0 spiro atoms. The number of hydrogen-bond donors (Lipinski definition) is 2.